The number of nitrogens with zero attached hydrogens (tertiary/aromatic N) is 3. The fourth-order valence-corrected chi connectivity index (χ4v) is 6.59. The Hall–Kier alpha value is -5.02. The van der Waals surface area contributed by atoms with Crippen LogP contribution in [-0.2, 0) is 11.1 Å². The summed E-state index contributed by atoms with van der Waals surface area (Å²) in [6.07, 6.45) is 5.49. The summed E-state index contributed by atoms with van der Waals surface area (Å²) >= 11 is 0. The van der Waals surface area contributed by atoms with Gasteiger partial charge in [0.05, 0.1) is 18.1 Å². The molecule has 0 fully saturated rings. The van der Waals surface area contributed by atoms with Crippen LogP contribution in [0, 0.1) is 0 Å². The van der Waals surface area contributed by atoms with Gasteiger partial charge in [-0.3, -0.25) is 0 Å². The maximum absolute atomic E-state index is 4.55. The zero-order valence-electron chi connectivity index (χ0n) is 21.4. The van der Waals surface area contributed by atoms with Crippen molar-refractivity contribution < 1.29 is 0 Å². The van der Waals surface area contributed by atoms with Crippen LogP contribution in [-0.4, -0.2) is 9.97 Å². The van der Waals surface area contributed by atoms with E-state index in [1.165, 1.54) is 33.4 Å². The Morgan fingerprint density at radius 3 is 1.03 bits per heavy atom. The predicted octanol–water partition coefficient (Wildman–Crippen LogP) is 7.58. The molecule has 39 heavy (non-hydrogen) atoms. The fourth-order valence-electron chi connectivity index (χ4n) is 6.59. The smallest absolute Gasteiger partial charge is 0.118 e. The quantitative estimate of drug-likeness (QED) is 0.244. The molecule has 1 aromatic heterocycles. The highest BCUT2D eigenvalue weighted by Gasteiger charge is 2.61. The molecule has 3 heteroatoms. The van der Waals surface area contributed by atoms with Crippen molar-refractivity contribution in [2.24, 2.45) is 0 Å². The molecular formula is C36H27N3. The first-order valence-corrected chi connectivity index (χ1v) is 13.3. The third kappa shape index (κ3) is 3.30. The van der Waals surface area contributed by atoms with E-state index in [4.69, 9.17) is 0 Å². The van der Waals surface area contributed by atoms with Crippen molar-refractivity contribution in [3.05, 3.63) is 198 Å². The lowest BCUT2D eigenvalue weighted by molar-refractivity contribution is 0.494. The van der Waals surface area contributed by atoms with Gasteiger partial charge in [-0.25, -0.2) is 9.97 Å². The van der Waals surface area contributed by atoms with Crippen molar-refractivity contribution in [2.45, 2.75) is 11.1 Å². The van der Waals surface area contributed by atoms with E-state index in [9.17, 15) is 0 Å². The van der Waals surface area contributed by atoms with Gasteiger partial charge in [0.15, 0.2) is 0 Å². The monoisotopic (exact) mass is 501 g/mol. The number of aromatic nitrogens is 2. The van der Waals surface area contributed by atoms with Crippen LogP contribution < -0.4 is 4.90 Å². The topological polar surface area (TPSA) is 29.0 Å². The number of fused-ring (bicyclic) bond motifs is 1. The Morgan fingerprint density at radius 1 is 0.385 bits per heavy atom. The highest BCUT2D eigenvalue weighted by molar-refractivity contribution is 5.77. The molecule has 3 nitrogen and oxygen atoms in total. The van der Waals surface area contributed by atoms with Crippen LogP contribution in [0.1, 0.15) is 33.4 Å². The molecule has 0 spiro atoms. The van der Waals surface area contributed by atoms with Gasteiger partial charge in [0.25, 0.3) is 0 Å². The third-order valence-electron chi connectivity index (χ3n) is 7.95. The first kappa shape index (κ1) is 23.1. The van der Waals surface area contributed by atoms with Crippen LogP contribution in [0.2, 0.25) is 0 Å². The number of rotatable bonds is 5. The summed E-state index contributed by atoms with van der Waals surface area (Å²) in [7, 11) is 0. The molecule has 0 unspecified atom stereocenters. The predicted molar refractivity (Wildman–Crippen MR) is 156 cm³/mol. The van der Waals surface area contributed by atoms with Crippen LogP contribution >= 0.6 is 0 Å². The molecule has 186 valence electrons. The Balaban J connectivity index is 1.74. The SMILES string of the molecule is c1ccc(C2(c3ccccc3)c3ccccc3C(c3ccccc3)(c3ccccc3)N2c2cncnc2)cc1. The van der Waals surface area contributed by atoms with Gasteiger partial charge < -0.3 is 4.90 Å². The zero-order valence-corrected chi connectivity index (χ0v) is 21.4. The summed E-state index contributed by atoms with van der Waals surface area (Å²) in [6, 6.07) is 52.2. The maximum Gasteiger partial charge on any atom is 0.118 e. The van der Waals surface area contributed by atoms with E-state index in [2.05, 4.69) is 160 Å². The molecule has 7 rings (SSSR count). The van der Waals surface area contributed by atoms with E-state index < -0.39 is 11.1 Å². The molecule has 0 atom stereocenters. The number of anilines is 1. The first-order chi connectivity index (χ1) is 19.4. The normalized spacial score (nSPS) is 15.0. The van der Waals surface area contributed by atoms with Crippen molar-refractivity contribution in [1.82, 2.24) is 9.97 Å². The number of benzene rings is 5. The molecule has 0 amide bonds. The second kappa shape index (κ2) is 9.38. The molecule has 2 heterocycles. The Kier molecular flexibility index (Phi) is 5.56. The lowest BCUT2D eigenvalue weighted by Crippen LogP contribution is -2.54. The van der Waals surface area contributed by atoms with Crippen LogP contribution in [0.25, 0.3) is 0 Å². The molecule has 0 aliphatic carbocycles. The number of hydrogen-bond donors (Lipinski definition) is 0. The molecule has 0 radical (unpaired) electrons. The summed E-state index contributed by atoms with van der Waals surface area (Å²) in [4.78, 5) is 11.6. The van der Waals surface area contributed by atoms with E-state index in [0.29, 0.717) is 0 Å². The summed E-state index contributed by atoms with van der Waals surface area (Å²) in [6.45, 7) is 0. The highest BCUT2D eigenvalue weighted by atomic mass is 15.3. The summed E-state index contributed by atoms with van der Waals surface area (Å²) in [5.74, 6) is 0. The van der Waals surface area contributed by atoms with Gasteiger partial charge in [0.1, 0.15) is 17.4 Å². The van der Waals surface area contributed by atoms with Crippen molar-refractivity contribution in [3.63, 3.8) is 0 Å². The largest absolute Gasteiger partial charge is 0.333 e. The molecule has 0 N–H and O–H groups in total. The van der Waals surface area contributed by atoms with Gasteiger partial charge in [-0.2, -0.15) is 0 Å². The molecular weight excluding hydrogens is 474 g/mol. The van der Waals surface area contributed by atoms with Gasteiger partial charge in [-0.15, -0.1) is 0 Å². The lowest BCUT2D eigenvalue weighted by Gasteiger charge is -2.50. The Bertz CT molecular complexity index is 1500. The molecule has 1 aliphatic rings. The van der Waals surface area contributed by atoms with Crippen molar-refractivity contribution in [1.29, 1.82) is 0 Å². The van der Waals surface area contributed by atoms with Crippen molar-refractivity contribution >= 4 is 5.69 Å². The molecule has 5 aromatic carbocycles. The van der Waals surface area contributed by atoms with Gasteiger partial charge >= 0.3 is 0 Å². The van der Waals surface area contributed by atoms with E-state index in [1.54, 1.807) is 6.33 Å². The minimum Gasteiger partial charge on any atom is -0.333 e. The second-order valence-corrected chi connectivity index (χ2v) is 9.86. The van der Waals surface area contributed by atoms with Crippen LogP contribution in [0.4, 0.5) is 5.69 Å². The Morgan fingerprint density at radius 2 is 0.692 bits per heavy atom. The van der Waals surface area contributed by atoms with E-state index in [-0.39, 0.29) is 0 Å². The summed E-state index contributed by atoms with van der Waals surface area (Å²) < 4.78 is 0. The van der Waals surface area contributed by atoms with Gasteiger partial charge in [-0.05, 0) is 33.4 Å². The Labute approximate surface area is 229 Å². The maximum atomic E-state index is 4.55. The molecule has 0 saturated carbocycles. The molecule has 0 bridgehead atoms. The highest BCUT2D eigenvalue weighted by Crippen LogP contribution is 2.62. The molecule has 0 saturated heterocycles. The minimum absolute atomic E-state index is 0.671. The van der Waals surface area contributed by atoms with Gasteiger partial charge in [0.2, 0.25) is 0 Å². The minimum atomic E-state index is -0.671. The summed E-state index contributed by atoms with van der Waals surface area (Å²) in [5, 5.41) is 0. The third-order valence-corrected chi connectivity index (χ3v) is 7.95. The average molecular weight is 502 g/mol. The molecule has 6 aromatic rings. The van der Waals surface area contributed by atoms with Crippen LogP contribution in [0.5, 0.6) is 0 Å². The molecule has 1 aliphatic heterocycles. The average Bonchev–Trinajstić information content (AvgIpc) is 3.32. The number of hydrogen-bond acceptors (Lipinski definition) is 3. The van der Waals surface area contributed by atoms with E-state index >= 15 is 0 Å². The second-order valence-electron chi connectivity index (χ2n) is 9.86. The van der Waals surface area contributed by atoms with E-state index in [0.717, 1.165) is 5.69 Å². The van der Waals surface area contributed by atoms with E-state index in [1.807, 2.05) is 12.4 Å². The van der Waals surface area contributed by atoms with Crippen molar-refractivity contribution in [2.75, 3.05) is 4.90 Å². The van der Waals surface area contributed by atoms with Crippen molar-refractivity contribution in [3.8, 4) is 0 Å². The summed E-state index contributed by atoms with van der Waals surface area (Å²) in [5.41, 5.74) is 6.79. The first-order valence-electron chi connectivity index (χ1n) is 13.3. The van der Waals surface area contributed by atoms with Gasteiger partial charge in [0, 0.05) is 0 Å². The standard InChI is InChI=1S/C36H27N3/c1-5-15-28(16-6-1)35(29-17-7-2-8-18-29)33-23-13-14-24-34(33)36(30-19-9-3-10-20-30,31-21-11-4-12-22-31)39(35)32-25-37-27-38-26-32/h1-27H. The zero-order chi connectivity index (χ0) is 26.1. The fraction of sp³-hybridized carbons (Fsp3) is 0.0556. The lowest BCUT2D eigenvalue weighted by atomic mass is 9.76. The van der Waals surface area contributed by atoms with Gasteiger partial charge in [-0.1, -0.05) is 146 Å². The van der Waals surface area contributed by atoms with Crippen LogP contribution in [0.15, 0.2) is 164 Å². The van der Waals surface area contributed by atoms with Crippen LogP contribution in [0.3, 0.4) is 0 Å².